The lowest BCUT2D eigenvalue weighted by molar-refractivity contribution is -0.139. The van der Waals surface area contributed by atoms with Crippen molar-refractivity contribution < 1.29 is 14.3 Å². The summed E-state index contributed by atoms with van der Waals surface area (Å²) in [5.74, 6) is 0.430. The minimum atomic E-state index is -0.283. The van der Waals surface area contributed by atoms with Gasteiger partial charge in [-0.3, -0.25) is 9.79 Å². The molecule has 1 N–H and O–H groups in total. The lowest BCUT2D eigenvalue weighted by Gasteiger charge is -2.19. The number of rotatable bonds is 4. The normalized spacial score (nSPS) is 12.7. The average Bonchev–Trinajstić information content (AvgIpc) is 2.61. The van der Waals surface area contributed by atoms with Gasteiger partial charge in [0.2, 0.25) is 0 Å². The van der Waals surface area contributed by atoms with Crippen LogP contribution < -0.4 is 20.6 Å². The van der Waals surface area contributed by atoms with Crippen LogP contribution in [0.3, 0.4) is 0 Å². The second kappa shape index (κ2) is 6.52. The minimum absolute atomic E-state index is 0.188. The summed E-state index contributed by atoms with van der Waals surface area (Å²) in [5, 5.41) is 5.24. The highest BCUT2D eigenvalue weighted by Gasteiger charge is 2.18. The van der Waals surface area contributed by atoms with E-state index in [1.807, 2.05) is 42.5 Å². The quantitative estimate of drug-likeness (QED) is 0.847. The number of hydrogen-bond donors (Lipinski definition) is 1. The summed E-state index contributed by atoms with van der Waals surface area (Å²) in [6.07, 6.45) is 0.188. The molecule has 3 rings (SSSR count). The molecule has 1 aliphatic heterocycles. The van der Waals surface area contributed by atoms with Crippen molar-refractivity contribution in [1.29, 1.82) is 0 Å². The summed E-state index contributed by atoms with van der Waals surface area (Å²) >= 11 is 0. The van der Waals surface area contributed by atoms with E-state index in [0.717, 1.165) is 27.4 Å². The maximum atomic E-state index is 11.8. The highest BCUT2D eigenvalue weighted by atomic mass is 16.5. The molecular formula is C18H18N2O3. The first kappa shape index (κ1) is 15.1. The predicted octanol–water partition coefficient (Wildman–Crippen LogP) is 0.747. The fourth-order valence-corrected chi connectivity index (χ4v) is 2.75. The van der Waals surface area contributed by atoms with Crippen molar-refractivity contribution in [1.82, 2.24) is 5.32 Å². The minimum Gasteiger partial charge on any atom is -0.496 e. The van der Waals surface area contributed by atoms with Crippen molar-refractivity contribution in [2.45, 2.75) is 6.42 Å². The number of nitrogens with zero attached hydrogens (tertiary/aromatic N) is 1. The lowest BCUT2D eigenvalue weighted by Crippen LogP contribution is -2.38. The molecule has 0 radical (unpaired) electrons. The number of carbonyl (C=O) groups excluding carboxylic acids is 1. The van der Waals surface area contributed by atoms with Crippen LogP contribution >= 0.6 is 0 Å². The molecule has 0 amide bonds. The van der Waals surface area contributed by atoms with E-state index in [1.54, 1.807) is 7.11 Å². The standard InChI is InChI=1S/C18H18N2O3/c1-22-15-9-5-6-12(10-16(21)23-2)17(15)18-13-7-3-4-8-14(13)19-11-20-18/h3-9,20H,10-11H2,1-2H3. The van der Waals surface area contributed by atoms with Crippen LogP contribution in [0.5, 0.6) is 5.75 Å². The van der Waals surface area contributed by atoms with Gasteiger partial charge in [0.1, 0.15) is 12.4 Å². The highest BCUT2D eigenvalue weighted by Crippen LogP contribution is 2.27. The maximum Gasteiger partial charge on any atom is 0.310 e. The van der Waals surface area contributed by atoms with E-state index in [0.29, 0.717) is 12.4 Å². The number of esters is 1. The van der Waals surface area contributed by atoms with Crippen molar-refractivity contribution >= 4 is 11.7 Å². The average molecular weight is 310 g/mol. The molecule has 0 saturated heterocycles. The number of ether oxygens (including phenoxy) is 2. The first-order valence-corrected chi connectivity index (χ1v) is 7.35. The van der Waals surface area contributed by atoms with Gasteiger partial charge in [-0.1, -0.05) is 30.3 Å². The number of hydrogen-bond acceptors (Lipinski definition) is 5. The van der Waals surface area contributed by atoms with Crippen LogP contribution in [0.2, 0.25) is 0 Å². The zero-order valence-electron chi connectivity index (χ0n) is 13.1. The predicted molar refractivity (Wildman–Crippen MR) is 86.4 cm³/mol. The Hall–Kier alpha value is -2.82. The Kier molecular flexibility index (Phi) is 4.28. The molecule has 5 heteroatoms. The zero-order chi connectivity index (χ0) is 16.2. The number of nitrogens with one attached hydrogen (secondary N) is 1. The molecule has 1 aliphatic rings. The van der Waals surface area contributed by atoms with E-state index in [4.69, 9.17) is 9.47 Å². The van der Waals surface area contributed by atoms with E-state index in [2.05, 4.69) is 10.3 Å². The Labute approximate surface area is 134 Å². The van der Waals surface area contributed by atoms with E-state index in [-0.39, 0.29) is 12.4 Å². The molecule has 0 unspecified atom stereocenters. The van der Waals surface area contributed by atoms with Crippen molar-refractivity contribution in [2.24, 2.45) is 4.99 Å². The largest absolute Gasteiger partial charge is 0.496 e. The van der Waals surface area contributed by atoms with Crippen LogP contribution in [-0.4, -0.2) is 26.9 Å². The van der Waals surface area contributed by atoms with Gasteiger partial charge in [0.25, 0.3) is 0 Å². The van der Waals surface area contributed by atoms with Crippen LogP contribution in [0.4, 0.5) is 0 Å². The summed E-state index contributed by atoms with van der Waals surface area (Å²) in [4.78, 5) is 16.2. The van der Waals surface area contributed by atoms with Gasteiger partial charge < -0.3 is 14.8 Å². The van der Waals surface area contributed by atoms with Gasteiger partial charge in [-0.05, 0) is 17.7 Å². The van der Waals surface area contributed by atoms with E-state index in [1.165, 1.54) is 7.11 Å². The van der Waals surface area contributed by atoms with Gasteiger partial charge in [-0.15, -0.1) is 0 Å². The Morgan fingerprint density at radius 2 is 2.00 bits per heavy atom. The number of fused-ring (bicyclic) bond motifs is 1. The molecule has 23 heavy (non-hydrogen) atoms. The summed E-state index contributed by atoms with van der Waals surface area (Å²) in [7, 11) is 3.02. The highest BCUT2D eigenvalue weighted by molar-refractivity contribution is 5.79. The first-order chi connectivity index (χ1) is 11.2. The molecule has 0 aromatic heterocycles. The number of methoxy groups -OCH3 is 2. The molecule has 2 aromatic carbocycles. The Bertz CT molecular complexity index is 859. The number of benzene rings is 2. The van der Waals surface area contributed by atoms with E-state index >= 15 is 0 Å². The Morgan fingerprint density at radius 3 is 2.78 bits per heavy atom. The third-order valence-corrected chi connectivity index (χ3v) is 3.82. The second-order valence-corrected chi connectivity index (χ2v) is 5.13. The van der Waals surface area contributed by atoms with Crippen molar-refractivity contribution in [2.75, 3.05) is 20.9 Å². The fraction of sp³-hybridized carbons (Fsp3) is 0.222. The third-order valence-electron chi connectivity index (χ3n) is 3.82. The van der Waals surface area contributed by atoms with Gasteiger partial charge >= 0.3 is 5.97 Å². The molecule has 0 saturated carbocycles. The van der Waals surface area contributed by atoms with Crippen LogP contribution in [0, 0.1) is 0 Å². The first-order valence-electron chi connectivity index (χ1n) is 7.35. The molecule has 2 aromatic rings. The summed E-state index contributed by atoms with van der Waals surface area (Å²) < 4.78 is 10.3. The lowest BCUT2D eigenvalue weighted by atomic mass is 9.98. The second-order valence-electron chi connectivity index (χ2n) is 5.13. The summed E-state index contributed by atoms with van der Waals surface area (Å²) in [6, 6.07) is 13.6. The zero-order valence-corrected chi connectivity index (χ0v) is 13.1. The topological polar surface area (TPSA) is 59.9 Å². The van der Waals surface area contributed by atoms with Crippen LogP contribution in [0.15, 0.2) is 47.5 Å². The molecule has 0 spiro atoms. The van der Waals surface area contributed by atoms with Crippen LogP contribution in [0.25, 0.3) is 5.70 Å². The molecule has 118 valence electrons. The van der Waals surface area contributed by atoms with Gasteiger partial charge in [0, 0.05) is 10.8 Å². The van der Waals surface area contributed by atoms with Gasteiger partial charge in [0.15, 0.2) is 0 Å². The Morgan fingerprint density at radius 1 is 1.17 bits per heavy atom. The maximum absolute atomic E-state index is 11.8. The third kappa shape index (κ3) is 2.90. The van der Waals surface area contributed by atoms with E-state index in [9.17, 15) is 4.79 Å². The monoisotopic (exact) mass is 310 g/mol. The van der Waals surface area contributed by atoms with Gasteiger partial charge in [-0.2, -0.15) is 0 Å². The molecule has 5 nitrogen and oxygen atoms in total. The molecule has 0 fully saturated rings. The van der Waals surface area contributed by atoms with Crippen molar-refractivity contribution in [3.05, 3.63) is 64.2 Å². The summed E-state index contributed by atoms with van der Waals surface area (Å²) in [6.45, 7) is 0.488. The number of carbonyl (C=O) groups is 1. The molecule has 1 heterocycles. The van der Waals surface area contributed by atoms with E-state index < -0.39 is 0 Å². The Balaban J connectivity index is 2.27. The molecule has 0 bridgehead atoms. The fourth-order valence-electron chi connectivity index (χ4n) is 2.75. The molecule has 0 aliphatic carbocycles. The van der Waals surface area contributed by atoms with Crippen LogP contribution in [-0.2, 0) is 16.0 Å². The number of para-hydroxylation sites is 1. The van der Waals surface area contributed by atoms with Crippen molar-refractivity contribution in [3.63, 3.8) is 0 Å². The summed E-state index contributed by atoms with van der Waals surface area (Å²) in [5.41, 5.74) is 2.66. The molecule has 0 atom stereocenters. The smallest absolute Gasteiger partial charge is 0.310 e. The van der Waals surface area contributed by atoms with Crippen LogP contribution in [0.1, 0.15) is 11.1 Å². The molecular weight excluding hydrogens is 292 g/mol. The van der Waals surface area contributed by atoms with Crippen molar-refractivity contribution in [3.8, 4) is 5.75 Å². The van der Waals surface area contributed by atoms with Gasteiger partial charge in [0.05, 0.1) is 31.7 Å². The SMILES string of the molecule is COC(=O)Cc1cccc(OC)c1C1=c2ccccc2=NCN1. The van der Waals surface area contributed by atoms with Gasteiger partial charge in [-0.25, -0.2) is 0 Å².